The molecule has 8 heteroatoms. The SMILES string of the molecule is CCOCCC1(CNC(=NC)NCC(=O)N2CCc3sccc3C2)CCCC1.I. The van der Waals surface area contributed by atoms with E-state index < -0.39 is 0 Å². The first-order valence-electron chi connectivity index (χ1n) is 10.5. The van der Waals surface area contributed by atoms with Gasteiger partial charge in [0.2, 0.25) is 5.91 Å². The fourth-order valence-corrected chi connectivity index (χ4v) is 5.19. The van der Waals surface area contributed by atoms with Crippen LogP contribution in [-0.2, 0) is 22.5 Å². The third-order valence-electron chi connectivity index (χ3n) is 6.07. The highest BCUT2D eigenvalue weighted by atomic mass is 127. The first-order valence-corrected chi connectivity index (χ1v) is 11.4. The second-order valence-corrected chi connectivity index (χ2v) is 8.87. The lowest BCUT2D eigenvalue weighted by Gasteiger charge is -2.30. The Bertz CT molecular complexity index is 673. The van der Waals surface area contributed by atoms with Gasteiger partial charge in [-0.05, 0) is 55.0 Å². The molecule has 3 rings (SSSR count). The average molecular weight is 535 g/mol. The van der Waals surface area contributed by atoms with Gasteiger partial charge in [0.25, 0.3) is 0 Å². The fourth-order valence-electron chi connectivity index (χ4n) is 4.30. The van der Waals surface area contributed by atoms with E-state index in [9.17, 15) is 4.79 Å². The van der Waals surface area contributed by atoms with Crippen LogP contribution in [-0.4, -0.2) is 56.7 Å². The number of nitrogens with one attached hydrogen (secondary N) is 2. The number of fused-ring (bicyclic) bond motifs is 1. The Balaban J connectivity index is 0.00000300. The maximum absolute atomic E-state index is 12.6. The molecule has 0 aromatic carbocycles. The number of rotatable bonds is 8. The van der Waals surface area contributed by atoms with Crippen LogP contribution in [0.1, 0.15) is 49.5 Å². The molecule has 2 N–H and O–H groups in total. The minimum atomic E-state index is 0. The first kappa shape index (κ1) is 24.4. The lowest BCUT2D eigenvalue weighted by Crippen LogP contribution is -2.48. The van der Waals surface area contributed by atoms with Crippen molar-refractivity contribution < 1.29 is 9.53 Å². The van der Waals surface area contributed by atoms with Crippen LogP contribution in [0.4, 0.5) is 0 Å². The van der Waals surface area contributed by atoms with Crippen molar-refractivity contribution in [2.75, 3.05) is 39.9 Å². The average Bonchev–Trinajstić information content (AvgIpc) is 3.37. The van der Waals surface area contributed by atoms with Crippen molar-refractivity contribution >= 4 is 47.2 Å². The molecule has 0 atom stereocenters. The number of hydrogen-bond donors (Lipinski definition) is 2. The zero-order valence-electron chi connectivity index (χ0n) is 17.7. The molecule has 1 aliphatic carbocycles. The molecule has 0 saturated heterocycles. The molecular formula is C21H35IN4O2S. The number of amides is 1. The fraction of sp³-hybridized carbons (Fsp3) is 0.714. The van der Waals surface area contributed by atoms with Gasteiger partial charge in [-0.3, -0.25) is 9.79 Å². The molecule has 1 saturated carbocycles. The topological polar surface area (TPSA) is 66.0 Å². The van der Waals surface area contributed by atoms with E-state index in [2.05, 4.69) is 27.1 Å². The number of carbonyl (C=O) groups is 1. The van der Waals surface area contributed by atoms with E-state index in [0.717, 1.165) is 45.7 Å². The van der Waals surface area contributed by atoms with Crippen LogP contribution >= 0.6 is 35.3 Å². The van der Waals surface area contributed by atoms with Crippen LogP contribution < -0.4 is 10.6 Å². The summed E-state index contributed by atoms with van der Waals surface area (Å²) >= 11 is 1.79. The molecule has 1 aliphatic heterocycles. The number of guanidine groups is 1. The summed E-state index contributed by atoms with van der Waals surface area (Å²) in [5, 5.41) is 8.79. The first-order chi connectivity index (χ1) is 13.7. The van der Waals surface area contributed by atoms with Gasteiger partial charge in [-0.25, -0.2) is 0 Å². The summed E-state index contributed by atoms with van der Waals surface area (Å²) in [4.78, 5) is 20.3. The van der Waals surface area contributed by atoms with Crippen LogP contribution in [0.15, 0.2) is 16.4 Å². The second-order valence-electron chi connectivity index (χ2n) is 7.87. The molecule has 0 bridgehead atoms. The number of halogens is 1. The highest BCUT2D eigenvalue weighted by Gasteiger charge is 2.33. The zero-order chi connectivity index (χ0) is 19.8. The molecule has 29 heavy (non-hydrogen) atoms. The van der Waals surface area contributed by atoms with Crippen molar-refractivity contribution in [2.24, 2.45) is 10.4 Å². The van der Waals surface area contributed by atoms with Crippen molar-refractivity contribution in [1.29, 1.82) is 0 Å². The van der Waals surface area contributed by atoms with Crippen molar-refractivity contribution in [1.82, 2.24) is 15.5 Å². The number of thiophene rings is 1. The van der Waals surface area contributed by atoms with E-state index in [-0.39, 0.29) is 36.4 Å². The highest BCUT2D eigenvalue weighted by molar-refractivity contribution is 14.0. The summed E-state index contributed by atoms with van der Waals surface area (Å²) in [7, 11) is 1.76. The van der Waals surface area contributed by atoms with E-state index in [4.69, 9.17) is 4.74 Å². The van der Waals surface area contributed by atoms with E-state index in [1.165, 1.54) is 36.1 Å². The predicted molar refractivity (Wildman–Crippen MR) is 130 cm³/mol. The molecular weight excluding hydrogens is 499 g/mol. The van der Waals surface area contributed by atoms with Crippen molar-refractivity contribution in [3.05, 3.63) is 21.9 Å². The monoisotopic (exact) mass is 534 g/mol. The van der Waals surface area contributed by atoms with Gasteiger partial charge in [-0.1, -0.05) is 12.8 Å². The smallest absolute Gasteiger partial charge is 0.242 e. The molecule has 2 heterocycles. The molecule has 1 fully saturated rings. The predicted octanol–water partition coefficient (Wildman–Crippen LogP) is 3.40. The molecule has 1 amide bonds. The molecule has 164 valence electrons. The number of hydrogen-bond acceptors (Lipinski definition) is 4. The Hall–Kier alpha value is -0.870. The number of aliphatic imine (C=N–C) groups is 1. The van der Waals surface area contributed by atoms with E-state index in [0.29, 0.717) is 11.4 Å². The van der Waals surface area contributed by atoms with E-state index in [1.54, 1.807) is 18.4 Å². The Kier molecular flexibility index (Phi) is 10.2. The standard InChI is InChI=1S/C21H34N4O2S.HI/c1-3-27-12-10-21(8-4-5-9-21)16-24-20(22-2)23-14-19(26)25-11-6-18-17(15-25)7-13-28-18;/h7,13H,3-6,8-12,14-16H2,1-2H3,(H2,22,23,24);1H. The third-order valence-corrected chi connectivity index (χ3v) is 7.09. The summed E-state index contributed by atoms with van der Waals surface area (Å²) in [6.07, 6.45) is 7.10. The van der Waals surface area contributed by atoms with Crippen molar-refractivity contribution in [3.8, 4) is 0 Å². The van der Waals surface area contributed by atoms with Gasteiger partial charge in [0.1, 0.15) is 0 Å². The maximum atomic E-state index is 12.6. The quantitative estimate of drug-likeness (QED) is 0.232. The minimum Gasteiger partial charge on any atom is -0.382 e. The molecule has 2 aliphatic rings. The minimum absolute atomic E-state index is 0. The Morgan fingerprint density at radius 3 is 2.86 bits per heavy atom. The maximum Gasteiger partial charge on any atom is 0.242 e. The van der Waals surface area contributed by atoms with Crippen LogP contribution in [0.5, 0.6) is 0 Å². The van der Waals surface area contributed by atoms with Gasteiger partial charge in [-0.15, -0.1) is 35.3 Å². The van der Waals surface area contributed by atoms with Gasteiger partial charge in [0.15, 0.2) is 5.96 Å². The number of nitrogens with zero attached hydrogens (tertiary/aromatic N) is 2. The molecule has 0 spiro atoms. The molecule has 1 aromatic heterocycles. The highest BCUT2D eigenvalue weighted by Crippen LogP contribution is 2.40. The molecule has 0 radical (unpaired) electrons. The normalized spacial score (nSPS) is 18.1. The summed E-state index contributed by atoms with van der Waals surface area (Å²) in [5.41, 5.74) is 1.59. The summed E-state index contributed by atoms with van der Waals surface area (Å²) in [5.74, 6) is 0.844. The molecule has 0 unspecified atom stereocenters. The van der Waals surface area contributed by atoms with Gasteiger partial charge >= 0.3 is 0 Å². The van der Waals surface area contributed by atoms with Crippen LogP contribution in [0, 0.1) is 5.41 Å². The van der Waals surface area contributed by atoms with Gasteiger partial charge < -0.3 is 20.3 Å². The molecule has 6 nitrogen and oxygen atoms in total. The van der Waals surface area contributed by atoms with Gasteiger partial charge in [0.05, 0.1) is 6.54 Å². The van der Waals surface area contributed by atoms with Crippen molar-refractivity contribution in [2.45, 2.75) is 52.0 Å². The largest absolute Gasteiger partial charge is 0.382 e. The second kappa shape index (κ2) is 12.1. The molecule has 1 aromatic rings. The van der Waals surface area contributed by atoms with Crippen LogP contribution in [0.3, 0.4) is 0 Å². The van der Waals surface area contributed by atoms with Crippen LogP contribution in [0.2, 0.25) is 0 Å². The Morgan fingerprint density at radius 2 is 2.14 bits per heavy atom. The number of ether oxygens (including phenoxy) is 1. The third kappa shape index (κ3) is 6.82. The lowest BCUT2D eigenvalue weighted by molar-refractivity contribution is -0.130. The summed E-state index contributed by atoms with van der Waals surface area (Å²) in [6, 6.07) is 2.14. The van der Waals surface area contributed by atoms with Crippen LogP contribution in [0.25, 0.3) is 0 Å². The number of carbonyl (C=O) groups excluding carboxylic acids is 1. The van der Waals surface area contributed by atoms with E-state index in [1.807, 2.05) is 11.8 Å². The summed E-state index contributed by atoms with van der Waals surface area (Å²) in [6.45, 7) is 6.35. The van der Waals surface area contributed by atoms with Crippen molar-refractivity contribution in [3.63, 3.8) is 0 Å². The zero-order valence-corrected chi connectivity index (χ0v) is 20.8. The van der Waals surface area contributed by atoms with Gasteiger partial charge in [0, 0.05) is 44.8 Å². The Morgan fingerprint density at radius 1 is 1.34 bits per heavy atom. The Labute approximate surface area is 195 Å². The van der Waals surface area contributed by atoms with Gasteiger partial charge in [-0.2, -0.15) is 0 Å². The van der Waals surface area contributed by atoms with E-state index >= 15 is 0 Å². The summed E-state index contributed by atoms with van der Waals surface area (Å²) < 4.78 is 5.60. The lowest BCUT2D eigenvalue weighted by atomic mass is 9.83.